The maximum atomic E-state index is 11.0. The number of carboxylic acid groups (broad SMARTS) is 1. The second kappa shape index (κ2) is 4.64. The summed E-state index contributed by atoms with van der Waals surface area (Å²) in [5.74, 6) is 0.252. The van der Waals surface area contributed by atoms with E-state index in [1.165, 1.54) is 12.8 Å². The van der Waals surface area contributed by atoms with Gasteiger partial charge in [-0.25, -0.2) is 0 Å². The Morgan fingerprint density at radius 3 is 2.38 bits per heavy atom. The standard InChI is InChI=1S/C11H20O2/c1-8(2)9-6-4-3-5-7-10(9)11(12)13/h8-10H,3-7H2,1-2H3,(H,12,13). The van der Waals surface area contributed by atoms with E-state index in [4.69, 9.17) is 5.11 Å². The van der Waals surface area contributed by atoms with E-state index in [1.807, 2.05) is 0 Å². The number of carboxylic acids is 1. The summed E-state index contributed by atoms with van der Waals surface area (Å²) in [4.78, 5) is 11.0. The Labute approximate surface area is 80.3 Å². The zero-order chi connectivity index (χ0) is 9.84. The van der Waals surface area contributed by atoms with Crippen LogP contribution in [0, 0.1) is 17.8 Å². The van der Waals surface area contributed by atoms with Gasteiger partial charge in [-0.15, -0.1) is 0 Å². The van der Waals surface area contributed by atoms with E-state index < -0.39 is 5.97 Å². The molecule has 1 N–H and O–H groups in total. The van der Waals surface area contributed by atoms with Gasteiger partial charge in [0.25, 0.3) is 0 Å². The minimum atomic E-state index is -0.583. The molecule has 1 aliphatic rings. The van der Waals surface area contributed by atoms with Crippen LogP contribution in [-0.4, -0.2) is 11.1 Å². The van der Waals surface area contributed by atoms with Crippen LogP contribution in [0.3, 0.4) is 0 Å². The Morgan fingerprint density at radius 1 is 1.23 bits per heavy atom. The molecule has 0 aromatic rings. The summed E-state index contributed by atoms with van der Waals surface area (Å²) in [6.07, 6.45) is 5.52. The maximum absolute atomic E-state index is 11.0. The smallest absolute Gasteiger partial charge is 0.306 e. The van der Waals surface area contributed by atoms with Crippen LogP contribution in [0.1, 0.15) is 46.0 Å². The lowest BCUT2D eigenvalue weighted by Crippen LogP contribution is -2.26. The normalized spacial score (nSPS) is 30.1. The summed E-state index contributed by atoms with van der Waals surface area (Å²) in [6.45, 7) is 4.29. The van der Waals surface area contributed by atoms with Crippen LogP contribution in [0.15, 0.2) is 0 Å². The first-order valence-electron chi connectivity index (χ1n) is 5.35. The molecule has 0 saturated heterocycles. The van der Waals surface area contributed by atoms with Gasteiger partial charge in [-0.05, 0) is 24.7 Å². The maximum Gasteiger partial charge on any atom is 0.306 e. The van der Waals surface area contributed by atoms with Crippen molar-refractivity contribution >= 4 is 5.97 Å². The van der Waals surface area contributed by atoms with Crippen LogP contribution in [0.2, 0.25) is 0 Å². The molecule has 2 unspecified atom stereocenters. The number of carbonyl (C=O) groups is 1. The highest BCUT2D eigenvalue weighted by atomic mass is 16.4. The molecule has 2 nitrogen and oxygen atoms in total. The third kappa shape index (κ3) is 2.71. The molecule has 0 bridgehead atoms. The molecule has 0 aromatic heterocycles. The number of aliphatic carboxylic acids is 1. The second-order valence-corrected chi connectivity index (χ2v) is 4.49. The van der Waals surface area contributed by atoms with Crippen molar-refractivity contribution in [1.29, 1.82) is 0 Å². The van der Waals surface area contributed by atoms with Gasteiger partial charge in [-0.3, -0.25) is 4.79 Å². The molecule has 0 amide bonds. The molecule has 1 saturated carbocycles. The van der Waals surface area contributed by atoms with Gasteiger partial charge in [0, 0.05) is 0 Å². The third-order valence-corrected chi connectivity index (χ3v) is 3.24. The molecule has 1 rings (SSSR count). The van der Waals surface area contributed by atoms with Gasteiger partial charge < -0.3 is 5.11 Å². The lowest BCUT2D eigenvalue weighted by atomic mass is 9.80. The summed E-state index contributed by atoms with van der Waals surface area (Å²) in [6, 6.07) is 0. The minimum absolute atomic E-state index is 0.0810. The molecule has 1 aliphatic carbocycles. The highest BCUT2D eigenvalue weighted by Gasteiger charge is 2.31. The Kier molecular flexibility index (Phi) is 3.76. The summed E-state index contributed by atoms with van der Waals surface area (Å²) in [5.41, 5.74) is 0. The van der Waals surface area contributed by atoms with E-state index in [9.17, 15) is 4.79 Å². The van der Waals surface area contributed by atoms with Crippen LogP contribution < -0.4 is 0 Å². The van der Waals surface area contributed by atoms with E-state index in [0.717, 1.165) is 19.3 Å². The van der Waals surface area contributed by atoms with E-state index in [-0.39, 0.29) is 5.92 Å². The average Bonchev–Trinajstić information content (AvgIpc) is 2.27. The minimum Gasteiger partial charge on any atom is -0.481 e. The predicted molar refractivity (Wildman–Crippen MR) is 52.5 cm³/mol. The van der Waals surface area contributed by atoms with Gasteiger partial charge in [0.05, 0.1) is 5.92 Å². The van der Waals surface area contributed by atoms with Crippen LogP contribution in [0.25, 0.3) is 0 Å². The molecular formula is C11H20O2. The topological polar surface area (TPSA) is 37.3 Å². The van der Waals surface area contributed by atoms with Crippen molar-refractivity contribution in [3.8, 4) is 0 Å². The molecular weight excluding hydrogens is 164 g/mol. The number of hydrogen-bond donors (Lipinski definition) is 1. The van der Waals surface area contributed by atoms with E-state index in [2.05, 4.69) is 13.8 Å². The summed E-state index contributed by atoms with van der Waals surface area (Å²) < 4.78 is 0. The zero-order valence-electron chi connectivity index (χ0n) is 8.62. The van der Waals surface area contributed by atoms with Gasteiger partial charge in [0.2, 0.25) is 0 Å². The molecule has 13 heavy (non-hydrogen) atoms. The molecule has 0 aromatic carbocycles. The van der Waals surface area contributed by atoms with Crippen molar-refractivity contribution in [2.24, 2.45) is 17.8 Å². The average molecular weight is 184 g/mol. The number of hydrogen-bond acceptors (Lipinski definition) is 1. The highest BCUT2D eigenvalue weighted by Crippen LogP contribution is 2.33. The van der Waals surface area contributed by atoms with Crippen molar-refractivity contribution in [2.75, 3.05) is 0 Å². The Bertz CT molecular complexity index is 175. The molecule has 2 heteroatoms. The fraction of sp³-hybridized carbons (Fsp3) is 0.909. The molecule has 0 aliphatic heterocycles. The monoisotopic (exact) mass is 184 g/mol. The Balaban J connectivity index is 2.66. The molecule has 76 valence electrons. The van der Waals surface area contributed by atoms with E-state index in [0.29, 0.717) is 11.8 Å². The van der Waals surface area contributed by atoms with Crippen LogP contribution >= 0.6 is 0 Å². The fourth-order valence-corrected chi connectivity index (χ4v) is 2.44. The molecule has 2 atom stereocenters. The van der Waals surface area contributed by atoms with Crippen LogP contribution in [0.4, 0.5) is 0 Å². The first-order chi connectivity index (χ1) is 6.13. The van der Waals surface area contributed by atoms with Gasteiger partial charge in [-0.2, -0.15) is 0 Å². The van der Waals surface area contributed by atoms with Crippen molar-refractivity contribution < 1.29 is 9.90 Å². The van der Waals surface area contributed by atoms with Crippen LogP contribution in [-0.2, 0) is 4.79 Å². The van der Waals surface area contributed by atoms with Crippen LogP contribution in [0.5, 0.6) is 0 Å². The van der Waals surface area contributed by atoms with E-state index in [1.54, 1.807) is 0 Å². The molecule has 0 radical (unpaired) electrons. The first-order valence-corrected chi connectivity index (χ1v) is 5.35. The lowest BCUT2D eigenvalue weighted by Gasteiger charge is -2.24. The third-order valence-electron chi connectivity index (χ3n) is 3.24. The molecule has 0 spiro atoms. The molecule has 0 heterocycles. The predicted octanol–water partition coefficient (Wildman–Crippen LogP) is 2.92. The SMILES string of the molecule is CC(C)C1CCCCCC1C(=O)O. The van der Waals surface area contributed by atoms with Gasteiger partial charge >= 0.3 is 5.97 Å². The number of rotatable bonds is 2. The zero-order valence-corrected chi connectivity index (χ0v) is 8.62. The highest BCUT2D eigenvalue weighted by molar-refractivity contribution is 5.70. The fourth-order valence-electron chi connectivity index (χ4n) is 2.44. The second-order valence-electron chi connectivity index (χ2n) is 4.49. The molecule has 1 fully saturated rings. The lowest BCUT2D eigenvalue weighted by molar-refractivity contribution is -0.144. The summed E-state index contributed by atoms with van der Waals surface area (Å²) in [7, 11) is 0. The van der Waals surface area contributed by atoms with Crippen molar-refractivity contribution in [3.05, 3.63) is 0 Å². The first kappa shape index (κ1) is 10.6. The van der Waals surface area contributed by atoms with Crippen molar-refractivity contribution in [3.63, 3.8) is 0 Å². The van der Waals surface area contributed by atoms with Crippen molar-refractivity contribution in [2.45, 2.75) is 46.0 Å². The van der Waals surface area contributed by atoms with Gasteiger partial charge in [-0.1, -0.05) is 33.1 Å². The largest absolute Gasteiger partial charge is 0.481 e. The Morgan fingerprint density at radius 2 is 1.85 bits per heavy atom. The van der Waals surface area contributed by atoms with Crippen molar-refractivity contribution in [1.82, 2.24) is 0 Å². The summed E-state index contributed by atoms with van der Waals surface area (Å²) >= 11 is 0. The van der Waals surface area contributed by atoms with E-state index >= 15 is 0 Å². The quantitative estimate of drug-likeness (QED) is 0.670. The van der Waals surface area contributed by atoms with Gasteiger partial charge in [0.15, 0.2) is 0 Å². The Hall–Kier alpha value is -0.530. The summed E-state index contributed by atoms with van der Waals surface area (Å²) in [5, 5.41) is 9.08. The van der Waals surface area contributed by atoms with Gasteiger partial charge in [0.1, 0.15) is 0 Å².